The third-order valence-electron chi connectivity index (χ3n) is 8.05. The van der Waals surface area contributed by atoms with Gasteiger partial charge in [-0.15, -0.1) is 0 Å². The van der Waals surface area contributed by atoms with Gasteiger partial charge < -0.3 is 4.57 Å². The number of carbonyl (C=O) groups excluding carboxylic acids is 2. The minimum atomic E-state index is -1.49. The lowest BCUT2D eigenvalue weighted by Gasteiger charge is -2.17. The van der Waals surface area contributed by atoms with Crippen molar-refractivity contribution < 1.29 is 9.59 Å². The molecule has 4 aromatic carbocycles. The van der Waals surface area contributed by atoms with Crippen molar-refractivity contribution in [2.24, 2.45) is 7.05 Å². The van der Waals surface area contributed by atoms with Gasteiger partial charge in [0.25, 0.3) is 0 Å². The van der Waals surface area contributed by atoms with Gasteiger partial charge in [-0.1, -0.05) is 91.6 Å². The van der Waals surface area contributed by atoms with E-state index >= 15 is 0 Å². The molecule has 5 nitrogen and oxygen atoms in total. The Morgan fingerprint density at radius 2 is 1.32 bits per heavy atom. The third-order valence-corrected chi connectivity index (χ3v) is 10.1. The molecule has 0 bridgehead atoms. The van der Waals surface area contributed by atoms with Gasteiger partial charge in [-0.3, -0.25) is 14.2 Å². The number of ketones is 2. The molecule has 6 aromatic rings. The Labute approximate surface area is 239 Å². The van der Waals surface area contributed by atoms with Crippen LogP contribution in [0.5, 0.6) is 0 Å². The number of benzene rings is 4. The molecule has 1 aliphatic rings. The van der Waals surface area contributed by atoms with Crippen LogP contribution in [0.1, 0.15) is 26.4 Å². The second-order valence-corrected chi connectivity index (χ2v) is 16.8. The average Bonchev–Trinajstić information content (AvgIpc) is 3.57. The summed E-state index contributed by atoms with van der Waals surface area (Å²) < 4.78 is 4.13. The molecule has 0 aliphatic heterocycles. The van der Waals surface area contributed by atoms with Gasteiger partial charge in [-0.2, -0.15) is 0 Å². The van der Waals surface area contributed by atoms with E-state index in [-0.39, 0.29) is 17.1 Å². The summed E-state index contributed by atoms with van der Waals surface area (Å²) >= 11 is 0. The van der Waals surface area contributed by atoms with Crippen LogP contribution in [0.4, 0.5) is 0 Å². The third kappa shape index (κ3) is 4.02. The van der Waals surface area contributed by atoms with Crippen LogP contribution in [-0.4, -0.2) is 33.8 Å². The van der Waals surface area contributed by atoms with Crippen LogP contribution < -0.4 is 5.19 Å². The molecule has 2 heterocycles. The van der Waals surface area contributed by atoms with Crippen molar-refractivity contribution in [1.29, 1.82) is 0 Å². The lowest BCUT2D eigenvalue weighted by atomic mass is 10.0. The van der Waals surface area contributed by atoms with Crippen LogP contribution in [-0.2, 0) is 7.05 Å². The summed E-state index contributed by atoms with van der Waals surface area (Å²) in [5.41, 5.74) is 5.52. The largest absolute Gasteiger partial charge is 0.326 e. The fourth-order valence-corrected chi connectivity index (χ4v) is 6.94. The molecule has 0 spiro atoms. The van der Waals surface area contributed by atoms with Gasteiger partial charge in [0.05, 0.1) is 24.9 Å². The maximum Gasteiger partial charge on any atom is 0.197 e. The van der Waals surface area contributed by atoms with Crippen LogP contribution in [0.3, 0.4) is 0 Å². The fourth-order valence-electron chi connectivity index (χ4n) is 5.77. The lowest BCUT2D eigenvalue weighted by Crippen LogP contribution is -2.37. The number of aromatic nitrogens is 3. The van der Waals surface area contributed by atoms with Gasteiger partial charge in [0, 0.05) is 29.4 Å². The Bertz CT molecular complexity index is 2000. The first-order valence-corrected chi connectivity index (χ1v) is 17.3. The van der Waals surface area contributed by atoms with Crippen LogP contribution in [0, 0.1) is 0 Å². The summed E-state index contributed by atoms with van der Waals surface area (Å²) in [4.78, 5) is 32.3. The van der Waals surface area contributed by atoms with Gasteiger partial charge in [-0.05, 0) is 47.2 Å². The van der Waals surface area contributed by atoms with E-state index in [1.54, 1.807) is 6.08 Å². The van der Waals surface area contributed by atoms with Crippen molar-refractivity contribution in [3.8, 4) is 17.1 Å². The highest BCUT2D eigenvalue weighted by Crippen LogP contribution is 2.34. The number of nitrogens with zero attached hydrogens (tertiary/aromatic N) is 3. The van der Waals surface area contributed by atoms with Gasteiger partial charge in [0.2, 0.25) is 0 Å². The molecule has 1 aliphatic carbocycles. The maximum absolute atomic E-state index is 13.6. The second-order valence-electron chi connectivity index (χ2n) is 11.7. The van der Waals surface area contributed by atoms with Crippen LogP contribution in [0.25, 0.3) is 45.1 Å². The molecule has 0 N–H and O–H groups in total. The monoisotopic (exact) mass is 551 g/mol. The Balaban J connectivity index is 1.42. The normalized spacial score (nSPS) is 13.4. The zero-order valence-electron chi connectivity index (χ0n) is 23.5. The van der Waals surface area contributed by atoms with E-state index in [9.17, 15) is 9.59 Å². The molecule has 0 fully saturated rings. The molecule has 0 unspecified atom stereocenters. The highest BCUT2D eigenvalue weighted by molar-refractivity contribution is 6.88. The summed E-state index contributed by atoms with van der Waals surface area (Å²) in [5, 5.41) is 3.25. The number of rotatable bonds is 4. The standard InChI is InChI=1S/C35H29N3O2Si/c1-37-31-21-26(20-30-32(39)28-18-23-12-8-9-13-24(23)19-29(28)33(30)40)38(25-14-16-27(17-15-25)41(2,3)4)35(31)36-34(37)22-10-6-5-7-11-22/h5-21H,1-4H3. The van der Waals surface area contributed by atoms with Crippen molar-refractivity contribution in [2.45, 2.75) is 19.6 Å². The maximum atomic E-state index is 13.6. The van der Waals surface area contributed by atoms with Gasteiger partial charge >= 0.3 is 0 Å². The zero-order chi connectivity index (χ0) is 28.5. The molecule has 0 atom stereocenters. The fraction of sp³-hybridized carbons (Fsp3) is 0.114. The Kier molecular flexibility index (Phi) is 5.59. The number of carbonyl (C=O) groups is 2. The van der Waals surface area contributed by atoms with Gasteiger partial charge in [-0.25, -0.2) is 4.98 Å². The Hall–Kier alpha value is -4.81. The number of imidazole rings is 1. The molecule has 41 heavy (non-hydrogen) atoms. The summed E-state index contributed by atoms with van der Waals surface area (Å²) in [6, 6.07) is 32.2. The van der Waals surface area contributed by atoms with E-state index in [0.717, 1.165) is 44.7 Å². The number of Topliss-reactive ketones (excluding diaryl/α,β-unsaturated/α-hetero) is 2. The molecule has 2 aromatic heterocycles. The van der Waals surface area contributed by atoms with Crippen LogP contribution >= 0.6 is 0 Å². The molecule has 0 saturated carbocycles. The molecule has 200 valence electrons. The number of hydrogen-bond donors (Lipinski definition) is 0. The molecule has 0 saturated heterocycles. The summed E-state index contributed by atoms with van der Waals surface area (Å²) in [7, 11) is 0.508. The molecule has 6 heteroatoms. The van der Waals surface area contributed by atoms with Crippen molar-refractivity contribution in [3.63, 3.8) is 0 Å². The number of allylic oxidation sites excluding steroid dienone is 1. The summed E-state index contributed by atoms with van der Waals surface area (Å²) in [6.45, 7) is 6.99. The van der Waals surface area contributed by atoms with E-state index in [2.05, 4.69) is 53.0 Å². The van der Waals surface area contributed by atoms with E-state index in [1.165, 1.54) is 5.19 Å². The number of hydrogen-bond acceptors (Lipinski definition) is 3. The molecule has 7 rings (SSSR count). The average molecular weight is 552 g/mol. The van der Waals surface area contributed by atoms with Crippen LogP contribution in [0.15, 0.2) is 103 Å². The summed E-state index contributed by atoms with van der Waals surface area (Å²) in [6.07, 6.45) is 1.74. The van der Waals surface area contributed by atoms with Crippen molar-refractivity contribution >= 4 is 52.8 Å². The van der Waals surface area contributed by atoms with Gasteiger partial charge in [0.15, 0.2) is 17.2 Å². The lowest BCUT2D eigenvalue weighted by molar-refractivity contribution is 0.0990. The minimum absolute atomic E-state index is 0.182. The number of fused-ring (bicyclic) bond motifs is 3. The van der Waals surface area contributed by atoms with Crippen molar-refractivity contribution in [1.82, 2.24) is 14.1 Å². The minimum Gasteiger partial charge on any atom is -0.326 e. The molecular formula is C35H29N3O2Si. The van der Waals surface area contributed by atoms with Gasteiger partial charge in [0.1, 0.15) is 5.82 Å². The first-order chi connectivity index (χ1) is 19.7. The van der Waals surface area contributed by atoms with E-state index in [0.29, 0.717) is 11.1 Å². The zero-order valence-corrected chi connectivity index (χ0v) is 24.5. The smallest absolute Gasteiger partial charge is 0.197 e. The highest BCUT2D eigenvalue weighted by atomic mass is 28.3. The van der Waals surface area contributed by atoms with E-state index in [1.807, 2.05) is 79.8 Å². The van der Waals surface area contributed by atoms with Crippen molar-refractivity contribution in [2.75, 3.05) is 0 Å². The highest BCUT2D eigenvalue weighted by Gasteiger charge is 2.34. The van der Waals surface area contributed by atoms with E-state index in [4.69, 9.17) is 4.98 Å². The number of aryl methyl sites for hydroxylation is 1. The quantitative estimate of drug-likeness (QED) is 0.132. The van der Waals surface area contributed by atoms with E-state index < -0.39 is 8.07 Å². The predicted molar refractivity (Wildman–Crippen MR) is 169 cm³/mol. The topological polar surface area (TPSA) is 56.9 Å². The Morgan fingerprint density at radius 1 is 0.732 bits per heavy atom. The molecule has 0 radical (unpaired) electrons. The SMILES string of the molecule is Cn1c(-c2ccccc2)nc2c1cc(C=C1C(=O)c3cc4ccccc4cc3C1=O)n2-c1ccc([Si](C)(C)C)cc1. The molecule has 0 amide bonds. The second kappa shape index (κ2) is 9.11. The Morgan fingerprint density at radius 3 is 1.90 bits per heavy atom. The first-order valence-electron chi connectivity index (χ1n) is 13.8. The first kappa shape index (κ1) is 25.2. The summed E-state index contributed by atoms with van der Waals surface area (Å²) in [5.74, 6) is 0.383. The predicted octanol–water partition coefficient (Wildman–Crippen LogP) is 7.19. The van der Waals surface area contributed by atoms with Crippen molar-refractivity contribution in [3.05, 3.63) is 119 Å². The molecular weight excluding hydrogens is 522 g/mol. The van der Waals surface area contributed by atoms with Crippen LogP contribution in [0.2, 0.25) is 19.6 Å².